The second-order valence-electron chi connectivity index (χ2n) is 7.19. The lowest BCUT2D eigenvalue weighted by atomic mass is 9.87. The Kier molecular flexibility index (Phi) is 7.86. The van der Waals surface area contributed by atoms with E-state index in [0.29, 0.717) is 40.6 Å². The van der Waals surface area contributed by atoms with Crippen LogP contribution in [0.1, 0.15) is 45.7 Å². The van der Waals surface area contributed by atoms with E-state index in [1.807, 2.05) is 0 Å². The smallest absolute Gasteiger partial charge is 0.306 e. The summed E-state index contributed by atoms with van der Waals surface area (Å²) < 4.78 is 20.6. The Morgan fingerprint density at radius 2 is 1.74 bits per heavy atom. The number of amides is 2. The van der Waals surface area contributed by atoms with E-state index >= 15 is 0 Å². The molecule has 2 aromatic rings. The fraction of sp³-hybridized carbons (Fsp3) is 0.381. The van der Waals surface area contributed by atoms with E-state index in [2.05, 4.69) is 10.6 Å². The minimum absolute atomic E-state index is 0.127. The number of nitrogens with one attached hydrogen (secondary N) is 2. The molecule has 1 fully saturated rings. The molecule has 0 saturated heterocycles. The van der Waals surface area contributed by atoms with Gasteiger partial charge >= 0.3 is 5.97 Å². The summed E-state index contributed by atoms with van der Waals surface area (Å²) in [6.07, 6.45) is 2.06. The quantitative estimate of drug-likeness (QED) is 0.512. The summed E-state index contributed by atoms with van der Waals surface area (Å²) in [6, 6.07) is 7.25. The first-order valence-corrected chi connectivity index (χ1v) is 11.0. The molecule has 1 saturated carbocycles. The van der Waals surface area contributed by atoms with Crippen LogP contribution in [-0.2, 0) is 4.79 Å². The van der Waals surface area contributed by atoms with Gasteiger partial charge in [0.15, 0.2) is 0 Å². The maximum atomic E-state index is 14.4. The monoisotopic (exact) mass is 468 g/mol. The van der Waals surface area contributed by atoms with E-state index < -0.39 is 17.7 Å². The van der Waals surface area contributed by atoms with Crippen LogP contribution in [0.2, 0.25) is 4.34 Å². The number of carboxylic acid groups (broad SMARTS) is 1. The van der Waals surface area contributed by atoms with Crippen molar-refractivity contribution in [2.24, 2.45) is 5.92 Å². The molecule has 3 rings (SSSR count). The fourth-order valence-electron chi connectivity index (χ4n) is 3.34. The SMILES string of the molecule is O=C(NCCNC(=O)c1ccc(O[C@H]2CC[C@@H](C(=O)O)CC2)cc1F)c1ccc(Cl)s1. The number of rotatable bonds is 8. The third kappa shape index (κ3) is 6.41. The molecule has 2 amide bonds. The summed E-state index contributed by atoms with van der Waals surface area (Å²) in [6.45, 7) is 0.316. The van der Waals surface area contributed by atoms with Crippen LogP contribution in [0.15, 0.2) is 30.3 Å². The lowest BCUT2D eigenvalue weighted by Gasteiger charge is -2.26. The molecule has 1 aliphatic rings. The van der Waals surface area contributed by atoms with E-state index in [1.165, 1.54) is 12.1 Å². The van der Waals surface area contributed by atoms with Crippen molar-refractivity contribution in [2.45, 2.75) is 31.8 Å². The number of halogens is 2. The summed E-state index contributed by atoms with van der Waals surface area (Å²) in [7, 11) is 0. The molecule has 0 radical (unpaired) electrons. The third-order valence-electron chi connectivity index (χ3n) is 5.00. The molecule has 0 aliphatic heterocycles. The van der Waals surface area contributed by atoms with Crippen LogP contribution in [0.4, 0.5) is 4.39 Å². The number of ether oxygens (including phenoxy) is 1. The second-order valence-corrected chi connectivity index (χ2v) is 8.90. The largest absolute Gasteiger partial charge is 0.490 e. The van der Waals surface area contributed by atoms with Gasteiger partial charge in [-0.3, -0.25) is 14.4 Å². The van der Waals surface area contributed by atoms with Crippen molar-refractivity contribution in [1.29, 1.82) is 0 Å². The van der Waals surface area contributed by atoms with Crippen molar-refractivity contribution in [2.75, 3.05) is 13.1 Å². The van der Waals surface area contributed by atoms with Crippen molar-refractivity contribution >= 4 is 40.7 Å². The zero-order valence-corrected chi connectivity index (χ0v) is 18.1. The van der Waals surface area contributed by atoms with E-state index in [9.17, 15) is 18.8 Å². The molecule has 166 valence electrons. The van der Waals surface area contributed by atoms with Gasteiger partial charge < -0.3 is 20.5 Å². The molecular formula is C21H22ClFN2O5S. The number of thiophene rings is 1. The zero-order chi connectivity index (χ0) is 22.4. The first-order chi connectivity index (χ1) is 14.8. The number of carboxylic acids is 1. The standard InChI is InChI=1S/C21H22ClFN2O5S/c22-18-8-7-17(31-18)20(27)25-10-9-24-19(26)15-6-5-14(11-16(15)23)30-13-3-1-12(2-4-13)21(28)29/h5-8,11-13H,1-4,9-10H2,(H,24,26)(H,25,27)(H,28,29)/t12-,13+. The zero-order valence-electron chi connectivity index (χ0n) is 16.5. The van der Waals surface area contributed by atoms with Crippen molar-refractivity contribution in [3.05, 3.63) is 50.9 Å². The molecule has 1 aromatic carbocycles. The number of hydrogen-bond donors (Lipinski definition) is 3. The highest BCUT2D eigenvalue weighted by Gasteiger charge is 2.27. The Morgan fingerprint density at radius 3 is 2.32 bits per heavy atom. The van der Waals surface area contributed by atoms with Gasteiger partial charge in [0.1, 0.15) is 11.6 Å². The van der Waals surface area contributed by atoms with Crippen LogP contribution in [0.3, 0.4) is 0 Å². The minimum atomic E-state index is -0.796. The van der Waals surface area contributed by atoms with Crippen molar-refractivity contribution in [3.8, 4) is 5.75 Å². The average Bonchev–Trinajstić information content (AvgIpc) is 3.18. The average molecular weight is 469 g/mol. The number of carbonyl (C=O) groups is 3. The maximum Gasteiger partial charge on any atom is 0.306 e. The van der Waals surface area contributed by atoms with Gasteiger partial charge in [0.25, 0.3) is 11.8 Å². The topological polar surface area (TPSA) is 105 Å². The number of benzene rings is 1. The van der Waals surface area contributed by atoms with Gasteiger partial charge in [0.05, 0.1) is 26.8 Å². The minimum Gasteiger partial charge on any atom is -0.490 e. The molecule has 3 N–H and O–H groups in total. The molecule has 1 aliphatic carbocycles. The third-order valence-corrected chi connectivity index (χ3v) is 6.23. The molecular weight excluding hydrogens is 447 g/mol. The number of aliphatic carboxylic acids is 1. The summed E-state index contributed by atoms with van der Waals surface area (Å²) in [4.78, 5) is 35.6. The Bertz CT molecular complexity index is 959. The summed E-state index contributed by atoms with van der Waals surface area (Å²) in [5.41, 5.74) is -0.127. The van der Waals surface area contributed by atoms with Gasteiger partial charge in [-0.25, -0.2) is 4.39 Å². The van der Waals surface area contributed by atoms with Crippen LogP contribution in [-0.4, -0.2) is 42.1 Å². The predicted molar refractivity (Wildman–Crippen MR) is 114 cm³/mol. The van der Waals surface area contributed by atoms with E-state index in [-0.39, 0.29) is 36.6 Å². The van der Waals surface area contributed by atoms with Crippen LogP contribution in [0.5, 0.6) is 5.75 Å². The van der Waals surface area contributed by atoms with E-state index in [4.69, 9.17) is 21.4 Å². The lowest BCUT2D eigenvalue weighted by molar-refractivity contribution is -0.143. The van der Waals surface area contributed by atoms with Gasteiger partial charge in [-0.15, -0.1) is 11.3 Å². The first-order valence-electron chi connectivity index (χ1n) is 9.84. The molecule has 7 nitrogen and oxygen atoms in total. The number of carbonyl (C=O) groups excluding carboxylic acids is 2. The van der Waals surface area contributed by atoms with Crippen molar-refractivity contribution in [1.82, 2.24) is 10.6 Å². The van der Waals surface area contributed by atoms with Gasteiger partial charge in [-0.2, -0.15) is 0 Å². The molecule has 0 atom stereocenters. The summed E-state index contributed by atoms with van der Waals surface area (Å²) >= 11 is 6.94. The molecule has 31 heavy (non-hydrogen) atoms. The van der Waals surface area contributed by atoms with Crippen LogP contribution in [0.25, 0.3) is 0 Å². The fourth-order valence-corrected chi connectivity index (χ4v) is 4.30. The second kappa shape index (κ2) is 10.6. The Morgan fingerprint density at radius 1 is 1.06 bits per heavy atom. The van der Waals surface area contributed by atoms with E-state index in [1.54, 1.807) is 12.1 Å². The normalized spacial score (nSPS) is 18.3. The lowest BCUT2D eigenvalue weighted by Crippen LogP contribution is -2.34. The summed E-state index contributed by atoms with van der Waals surface area (Å²) in [5.74, 6) is -2.46. The van der Waals surface area contributed by atoms with E-state index in [0.717, 1.165) is 17.4 Å². The Balaban J connectivity index is 1.44. The molecule has 10 heteroatoms. The number of hydrogen-bond acceptors (Lipinski definition) is 5. The molecule has 0 spiro atoms. The first kappa shape index (κ1) is 23.0. The molecule has 1 heterocycles. The van der Waals surface area contributed by atoms with Crippen molar-refractivity contribution < 1.29 is 28.6 Å². The van der Waals surface area contributed by atoms with Crippen LogP contribution < -0.4 is 15.4 Å². The van der Waals surface area contributed by atoms with Gasteiger partial charge in [0.2, 0.25) is 0 Å². The molecule has 0 bridgehead atoms. The van der Waals surface area contributed by atoms with Gasteiger partial charge in [-0.05, 0) is 49.9 Å². The Labute approximate surface area is 187 Å². The summed E-state index contributed by atoms with van der Waals surface area (Å²) in [5, 5.41) is 14.2. The predicted octanol–water partition coefficient (Wildman–Crippen LogP) is 3.72. The van der Waals surface area contributed by atoms with Crippen LogP contribution in [0, 0.1) is 11.7 Å². The Hall–Kier alpha value is -2.65. The van der Waals surface area contributed by atoms with Gasteiger partial charge in [-0.1, -0.05) is 11.6 Å². The molecule has 1 aromatic heterocycles. The van der Waals surface area contributed by atoms with Crippen LogP contribution >= 0.6 is 22.9 Å². The van der Waals surface area contributed by atoms with Gasteiger partial charge in [0, 0.05) is 19.2 Å². The van der Waals surface area contributed by atoms with Crippen molar-refractivity contribution in [3.63, 3.8) is 0 Å². The molecule has 0 unspecified atom stereocenters. The highest BCUT2D eigenvalue weighted by molar-refractivity contribution is 7.17. The highest BCUT2D eigenvalue weighted by atomic mass is 35.5. The highest BCUT2D eigenvalue weighted by Crippen LogP contribution is 2.28. The maximum absolute atomic E-state index is 14.4.